The molecule has 4 heteroatoms. The van der Waals surface area contributed by atoms with Crippen molar-refractivity contribution in [3.63, 3.8) is 0 Å². The van der Waals surface area contributed by atoms with Crippen LogP contribution in [0.1, 0.15) is 83.5 Å². The van der Waals surface area contributed by atoms with Gasteiger partial charge in [0.2, 0.25) is 0 Å². The fourth-order valence-electron chi connectivity index (χ4n) is 5.93. The van der Waals surface area contributed by atoms with Crippen molar-refractivity contribution in [1.82, 2.24) is 0 Å². The number of ether oxygens (including phenoxy) is 1. The first-order valence-corrected chi connectivity index (χ1v) is 10.4. The fraction of sp³-hybridized carbons (Fsp3) is 0.950. The van der Waals surface area contributed by atoms with Crippen LogP contribution in [-0.2, 0) is 4.74 Å². The van der Waals surface area contributed by atoms with E-state index in [0.29, 0.717) is 11.9 Å². The Kier molecular flexibility index (Phi) is 4.88. The molecule has 1 heterocycles. The maximum atomic E-state index is 11.7. The van der Waals surface area contributed by atoms with Crippen molar-refractivity contribution in [2.24, 2.45) is 22.6 Å². The number of amidine groups is 1. The van der Waals surface area contributed by atoms with Crippen molar-refractivity contribution >= 4 is 5.84 Å². The first-order valence-electron chi connectivity index (χ1n) is 10.4. The molecule has 0 aromatic heterocycles. The second-order valence-corrected chi connectivity index (χ2v) is 8.62. The highest BCUT2D eigenvalue weighted by atomic mass is 16.5. The van der Waals surface area contributed by atoms with Gasteiger partial charge in [0, 0.05) is 11.8 Å². The molecule has 0 radical (unpaired) electrons. The molecule has 3 fully saturated rings. The van der Waals surface area contributed by atoms with Gasteiger partial charge < -0.3 is 15.6 Å². The van der Waals surface area contributed by atoms with Crippen molar-refractivity contribution in [3.8, 4) is 0 Å². The monoisotopic (exact) mass is 334 g/mol. The highest BCUT2D eigenvalue weighted by molar-refractivity contribution is 5.91. The second-order valence-electron chi connectivity index (χ2n) is 8.62. The molecule has 5 unspecified atom stereocenters. The zero-order valence-corrected chi connectivity index (χ0v) is 15.0. The van der Waals surface area contributed by atoms with Crippen molar-refractivity contribution in [3.05, 3.63) is 0 Å². The van der Waals surface area contributed by atoms with E-state index in [9.17, 15) is 5.11 Å². The molecule has 0 aromatic carbocycles. The average molecular weight is 335 g/mol. The minimum absolute atomic E-state index is 0.144. The zero-order valence-electron chi connectivity index (χ0n) is 15.0. The van der Waals surface area contributed by atoms with Crippen LogP contribution in [0.15, 0.2) is 4.99 Å². The molecule has 3 saturated carbocycles. The molecule has 5 atom stereocenters. The first-order chi connectivity index (χ1) is 11.7. The maximum Gasteiger partial charge on any atom is 0.131 e. The molecule has 0 saturated heterocycles. The summed E-state index contributed by atoms with van der Waals surface area (Å²) in [7, 11) is 0. The standard InChI is InChI=1S/C20H34N2O2/c21-19-20(23,15-10-4-6-12-17(15)22-19)16-11-5-7-13-18(16)24-14-8-2-1-3-9-14/h14-18,23H,1-13H2,(H2,21,22). The summed E-state index contributed by atoms with van der Waals surface area (Å²) in [6.07, 6.45) is 16.0. The van der Waals surface area contributed by atoms with E-state index in [1.807, 2.05) is 0 Å². The molecular formula is C20H34N2O2. The lowest BCUT2D eigenvalue weighted by molar-refractivity contribution is -0.132. The molecule has 4 nitrogen and oxygen atoms in total. The third kappa shape index (κ3) is 2.90. The summed E-state index contributed by atoms with van der Waals surface area (Å²) in [6.45, 7) is 0. The molecular weight excluding hydrogens is 300 g/mol. The molecule has 4 rings (SSSR count). The SMILES string of the molecule is NC1=NC2CCCCC2C1(O)C1CCCCC1OC1CCCCC1. The van der Waals surface area contributed by atoms with Crippen LogP contribution < -0.4 is 5.73 Å². The Labute approximate surface area is 146 Å². The largest absolute Gasteiger partial charge is 0.385 e. The Morgan fingerprint density at radius 2 is 1.46 bits per heavy atom. The summed E-state index contributed by atoms with van der Waals surface area (Å²) >= 11 is 0. The summed E-state index contributed by atoms with van der Waals surface area (Å²) in [5.74, 6) is 0.889. The maximum absolute atomic E-state index is 11.7. The number of hydrogen-bond donors (Lipinski definition) is 2. The Hall–Kier alpha value is -0.610. The van der Waals surface area contributed by atoms with E-state index in [0.717, 1.165) is 25.7 Å². The Bertz CT molecular complexity index is 474. The zero-order chi connectivity index (χ0) is 16.6. The molecule has 136 valence electrons. The second kappa shape index (κ2) is 6.95. The van der Waals surface area contributed by atoms with E-state index in [4.69, 9.17) is 15.5 Å². The van der Waals surface area contributed by atoms with Gasteiger partial charge in [0.15, 0.2) is 0 Å². The van der Waals surface area contributed by atoms with E-state index in [2.05, 4.69) is 0 Å². The minimum Gasteiger partial charge on any atom is -0.385 e. The number of nitrogens with zero attached hydrogens (tertiary/aromatic N) is 1. The van der Waals surface area contributed by atoms with Crippen LogP contribution in [0.4, 0.5) is 0 Å². The number of nitrogens with two attached hydrogens (primary N) is 1. The Morgan fingerprint density at radius 3 is 2.25 bits per heavy atom. The molecule has 0 bridgehead atoms. The summed E-state index contributed by atoms with van der Waals surface area (Å²) < 4.78 is 6.58. The predicted octanol–water partition coefficient (Wildman–Crippen LogP) is 3.56. The van der Waals surface area contributed by atoms with Gasteiger partial charge in [0.1, 0.15) is 11.4 Å². The van der Waals surface area contributed by atoms with Crippen LogP contribution in [0.2, 0.25) is 0 Å². The lowest BCUT2D eigenvalue weighted by Crippen LogP contribution is -2.58. The van der Waals surface area contributed by atoms with Crippen LogP contribution in [0.25, 0.3) is 0 Å². The lowest BCUT2D eigenvalue weighted by Gasteiger charge is -2.46. The average Bonchev–Trinajstić information content (AvgIpc) is 2.88. The van der Waals surface area contributed by atoms with Crippen LogP contribution in [0, 0.1) is 11.8 Å². The highest BCUT2D eigenvalue weighted by Gasteiger charge is 2.57. The van der Waals surface area contributed by atoms with Gasteiger partial charge in [-0.3, -0.25) is 4.99 Å². The normalized spacial score (nSPS) is 44.1. The predicted molar refractivity (Wildman–Crippen MR) is 96.0 cm³/mol. The molecule has 0 aromatic rings. The Morgan fingerprint density at radius 1 is 0.833 bits per heavy atom. The van der Waals surface area contributed by atoms with Crippen molar-refractivity contribution in [2.75, 3.05) is 0 Å². The number of rotatable bonds is 3. The third-order valence-electron chi connectivity index (χ3n) is 7.20. The summed E-state index contributed by atoms with van der Waals surface area (Å²) in [6, 6.07) is 0.251. The van der Waals surface area contributed by atoms with Gasteiger partial charge in [-0.05, 0) is 38.5 Å². The summed E-state index contributed by atoms with van der Waals surface area (Å²) in [5, 5.41) is 11.7. The van der Waals surface area contributed by atoms with Gasteiger partial charge in [-0.2, -0.15) is 0 Å². The summed E-state index contributed by atoms with van der Waals surface area (Å²) in [4.78, 5) is 4.71. The van der Waals surface area contributed by atoms with Crippen LogP contribution >= 0.6 is 0 Å². The van der Waals surface area contributed by atoms with Crippen molar-refractivity contribution in [1.29, 1.82) is 0 Å². The number of fused-ring (bicyclic) bond motifs is 1. The van der Waals surface area contributed by atoms with Crippen molar-refractivity contribution < 1.29 is 9.84 Å². The topological polar surface area (TPSA) is 67.8 Å². The smallest absolute Gasteiger partial charge is 0.131 e. The molecule has 4 aliphatic rings. The van der Waals surface area contributed by atoms with Crippen molar-refractivity contribution in [2.45, 2.75) is 107 Å². The van der Waals surface area contributed by atoms with Crippen LogP contribution in [-0.4, -0.2) is 34.8 Å². The molecule has 3 N–H and O–H groups in total. The number of hydrogen-bond acceptors (Lipinski definition) is 4. The molecule has 1 aliphatic heterocycles. The molecule has 0 spiro atoms. The quantitative estimate of drug-likeness (QED) is 0.829. The number of aliphatic imine (C=N–C) groups is 1. The first kappa shape index (κ1) is 16.8. The molecule has 24 heavy (non-hydrogen) atoms. The van der Waals surface area contributed by atoms with E-state index in [-0.39, 0.29) is 24.0 Å². The Balaban J connectivity index is 1.53. The lowest BCUT2D eigenvalue weighted by atomic mass is 9.65. The summed E-state index contributed by atoms with van der Waals surface area (Å²) in [5.41, 5.74) is 5.43. The van der Waals surface area contributed by atoms with Crippen LogP contribution in [0.5, 0.6) is 0 Å². The molecule has 0 amide bonds. The highest BCUT2D eigenvalue weighted by Crippen LogP contribution is 2.48. The van der Waals surface area contributed by atoms with Gasteiger partial charge in [0.05, 0.1) is 18.2 Å². The van der Waals surface area contributed by atoms with E-state index in [1.165, 1.54) is 57.8 Å². The van der Waals surface area contributed by atoms with Gasteiger partial charge in [-0.25, -0.2) is 0 Å². The van der Waals surface area contributed by atoms with E-state index in [1.54, 1.807) is 0 Å². The molecule has 3 aliphatic carbocycles. The number of aliphatic hydroxyl groups is 1. The minimum atomic E-state index is -0.912. The van der Waals surface area contributed by atoms with E-state index >= 15 is 0 Å². The van der Waals surface area contributed by atoms with Gasteiger partial charge in [0.25, 0.3) is 0 Å². The fourth-order valence-corrected chi connectivity index (χ4v) is 5.93. The third-order valence-corrected chi connectivity index (χ3v) is 7.20. The van der Waals surface area contributed by atoms with Gasteiger partial charge in [-0.1, -0.05) is 44.9 Å². The van der Waals surface area contributed by atoms with Gasteiger partial charge >= 0.3 is 0 Å². The van der Waals surface area contributed by atoms with E-state index < -0.39 is 5.60 Å². The van der Waals surface area contributed by atoms with Gasteiger partial charge in [-0.15, -0.1) is 0 Å². The van der Waals surface area contributed by atoms with Crippen LogP contribution in [0.3, 0.4) is 0 Å².